The van der Waals surface area contributed by atoms with Crippen LogP contribution in [-0.2, 0) is 4.74 Å². The molecule has 1 aliphatic carbocycles. The molecule has 1 heteroatoms. The maximum Gasteiger partial charge on any atom is 0.0763 e. The van der Waals surface area contributed by atoms with E-state index in [9.17, 15) is 0 Å². The molecule has 2 aliphatic rings. The lowest BCUT2D eigenvalue weighted by atomic mass is 9.89. The van der Waals surface area contributed by atoms with E-state index in [0.29, 0.717) is 12.2 Å². The minimum atomic E-state index is 0.418. The molecular weight excluding hydrogens is 244 g/mol. The molecule has 2 fully saturated rings. The van der Waals surface area contributed by atoms with E-state index in [0.717, 1.165) is 5.92 Å². The highest BCUT2D eigenvalue weighted by molar-refractivity contribution is 4.96. The van der Waals surface area contributed by atoms with Gasteiger partial charge in [-0.3, -0.25) is 0 Å². The molecule has 1 aliphatic heterocycles. The Balaban J connectivity index is 1.82. The summed E-state index contributed by atoms with van der Waals surface area (Å²) >= 11 is 0. The van der Waals surface area contributed by atoms with Gasteiger partial charge in [0.15, 0.2) is 0 Å². The molecule has 1 saturated heterocycles. The minimum absolute atomic E-state index is 0.418. The summed E-state index contributed by atoms with van der Waals surface area (Å²) in [5.41, 5.74) is 0. The van der Waals surface area contributed by atoms with Gasteiger partial charge in [0.05, 0.1) is 12.2 Å². The van der Waals surface area contributed by atoms with Gasteiger partial charge in [-0.1, -0.05) is 76.9 Å². The Hall–Kier alpha value is -0.300. The van der Waals surface area contributed by atoms with Gasteiger partial charge >= 0.3 is 0 Å². The van der Waals surface area contributed by atoms with Crippen molar-refractivity contribution < 1.29 is 4.74 Å². The highest BCUT2D eigenvalue weighted by Gasteiger charge is 2.32. The summed E-state index contributed by atoms with van der Waals surface area (Å²) in [5, 5.41) is 0. The zero-order chi connectivity index (χ0) is 14.0. The average molecular weight is 278 g/mol. The molecule has 1 saturated carbocycles. The largest absolute Gasteiger partial charge is 0.371 e. The van der Waals surface area contributed by atoms with Crippen LogP contribution in [0.2, 0.25) is 0 Å². The first kappa shape index (κ1) is 16.1. The number of fused-ring (bicyclic) bond motifs is 1. The topological polar surface area (TPSA) is 9.23 Å². The fraction of sp³-hybridized carbons (Fsp3) is 0.895. The quantitative estimate of drug-likeness (QED) is 0.573. The van der Waals surface area contributed by atoms with Gasteiger partial charge in [-0.05, 0) is 31.6 Å². The average Bonchev–Trinajstić information content (AvgIpc) is 2.81. The highest BCUT2D eigenvalue weighted by Crippen LogP contribution is 2.35. The molecule has 3 atom stereocenters. The summed E-state index contributed by atoms with van der Waals surface area (Å²) in [6.07, 6.45) is 23.6. The van der Waals surface area contributed by atoms with E-state index >= 15 is 0 Å². The lowest BCUT2D eigenvalue weighted by Crippen LogP contribution is -2.16. The van der Waals surface area contributed by atoms with Gasteiger partial charge < -0.3 is 4.74 Å². The third-order valence-electron chi connectivity index (χ3n) is 5.03. The number of hydrogen-bond acceptors (Lipinski definition) is 1. The van der Waals surface area contributed by atoms with E-state index in [2.05, 4.69) is 19.1 Å². The number of ether oxygens (including phenoxy) is 1. The van der Waals surface area contributed by atoms with Crippen molar-refractivity contribution in [2.24, 2.45) is 5.92 Å². The maximum atomic E-state index is 6.33. The summed E-state index contributed by atoms with van der Waals surface area (Å²) < 4.78 is 6.33. The first-order valence-corrected chi connectivity index (χ1v) is 9.22. The van der Waals surface area contributed by atoms with Gasteiger partial charge in [0.1, 0.15) is 0 Å². The van der Waals surface area contributed by atoms with Crippen molar-refractivity contribution in [3.05, 3.63) is 12.2 Å². The first-order valence-electron chi connectivity index (χ1n) is 9.22. The zero-order valence-corrected chi connectivity index (χ0v) is 13.5. The third kappa shape index (κ3) is 5.60. The third-order valence-corrected chi connectivity index (χ3v) is 5.03. The van der Waals surface area contributed by atoms with Gasteiger partial charge in [0, 0.05) is 0 Å². The van der Waals surface area contributed by atoms with Crippen molar-refractivity contribution in [1.29, 1.82) is 0 Å². The van der Waals surface area contributed by atoms with E-state index in [-0.39, 0.29) is 0 Å². The van der Waals surface area contributed by atoms with Crippen molar-refractivity contribution in [2.75, 3.05) is 0 Å². The normalized spacial score (nSPS) is 33.5. The molecule has 0 aromatic carbocycles. The Kier molecular flexibility index (Phi) is 7.72. The molecule has 0 aromatic rings. The van der Waals surface area contributed by atoms with Gasteiger partial charge in [0.25, 0.3) is 0 Å². The number of allylic oxidation sites excluding steroid dienone is 1. The van der Waals surface area contributed by atoms with E-state index in [1.54, 1.807) is 0 Å². The Morgan fingerprint density at radius 1 is 0.900 bits per heavy atom. The van der Waals surface area contributed by atoms with Crippen LogP contribution in [0, 0.1) is 5.92 Å². The van der Waals surface area contributed by atoms with Crippen LogP contribution < -0.4 is 0 Å². The van der Waals surface area contributed by atoms with Crippen LogP contribution >= 0.6 is 0 Å². The Bertz CT molecular complexity index is 251. The van der Waals surface area contributed by atoms with Crippen molar-refractivity contribution in [1.82, 2.24) is 0 Å². The van der Waals surface area contributed by atoms with Gasteiger partial charge in [-0.2, -0.15) is 0 Å². The molecule has 0 radical (unpaired) electrons. The summed E-state index contributed by atoms with van der Waals surface area (Å²) in [4.78, 5) is 0. The smallest absolute Gasteiger partial charge is 0.0763 e. The standard InChI is InChI=1S/C19H34O/c1-2-3-10-14-18-16-17-13-11-8-6-4-5-7-9-12-15-19(17)20-18/h10,14,17-19H,2-9,11-13,15-16H2,1H3. The second-order valence-electron chi connectivity index (χ2n) is 6.83. The van der Waals surface area contributed by atoms with Gasteiger partial charge in [-0.15, -0.1) is 0 Å². The van der Waals surface area contributed by atoms with Gasteiger partial charge in [0.2, 0.25) is 0 Å². The summed E-state index contributed by atoms with van der Waals surface area (Å²) in [7, 11) is 0. The monoisotopic (exact) mass is 278 g/mol. The Morgan fingerprint density at radius 3 is 2.25 bits per heavy atom. The zero-order valence-electron chi connectivity index (χ0n) is 13.5. The van der Waals surface area contributed by atoms with Crippen molar-refractivity contribution in [3.63, 3.8) is 0 Å². The number of hydrogen-bond donors (Lipinski definition) is 0. The highest BCUT2D eigenvalue weighted by atomic mass is 16.5. The lowest BCUT2D eigenvalue weighted by molar-refractivity contribution is 0.0475. The number of unbranched alkanes of at least 4 members (excludes halogenated alkanes) is 1. The first-order chi connectivity index (χ1) is 9.90. The van der Waals surface area contributed by atoms with Crippen molar-refractivity contribution in [3.8, 4) is 0 Å². The van der Waals surface area contributed by atoms with Crippen LogP contribution in [0.15, 0.2) is 12.2 Å². The molecule has 20 heavy (non-hydrogen) atoms. The van der Waals surface area contributed by atoms with Crippen molar-refractivity contribution >= 4 is 0 Å². The molecule has 3 unspecified atom stereocenters. The van der Waals surface area contributed by atoms with Crippen LogP contribution in [0.4, 0.5) is 0 Å². The van der Waals surface area contributed by atoms with E-state index in [1.165, 1.54) is 83.5 Å². The SMILES string of the molecule is CCCC=CC1CC2CCCCCCCCCCC2O1. The van der Waals surface area contributed by atoms with Crippen LogP contribution in [0.25, 0.3) is 0 Å². The van der Waals surface area contributed by atoms with E-state index in [4.69, 9.17) is 4.74 Å². The Morgan fingerprint density at radius 2 is 1.55 bits per heavy atom. The van der Waals surface area contributed by atoms with Gasteiger partial charge in [-0.25, -0.2) is 0 Å². The molecule has 0 amide bonds. The molecule has 1 heterocycles. The molecule has 2 rings (SSSR count). The second-order valence-corrected chi connectivity index (χ2v) is 6.83. The second kappa shape index (κ2) is 9.60. The van der Waals surface area contributed by atoms with Crippen LogP contribution in [-0.4, -0.2) is 12.2 Å². The lowest BCUT2D eigenvalue weighted by Gasteiger charge is -2.19. The van der Waals surface area contributed by atoms with E-state index < -0.39 is 0 Å². The molecule has 0 N–H and O–H groups in total. The minimum Gasteiger partial charge on any atom is -0.371 e. The predicted octanol–water partition coefficient (Wildman–Crippen LogP) is 6.03. The maximum absolute atomic E-state index is 6.33. The van der Waals surface area contributed by atoms with E-state index in [1.807, 2.05) is 0 Å². The predicted molar refractivity (Wildman–Crippen MR) is 87.0 cm³/mol. The summed E-state index contributed by atoms with van der Waals surface area (Å²) in [6, 6.07) is 0. The fourth-order valence-corrected chi connectivity index (χ4v) is 3.80. The molecule has 0 aromatic heterocycles. The van der Waals surface area contributed by atoms with Crippen LogP contribution in [0.5, 0.6) is 0 Å². The summed E-state index contributed by atoms with van der Waals surface area (Å²) in [5.74, 6) is 0.839. The molecule has 1 nitrogen and oxygen atoms in total. The summed E-state index contributed by atoms with van der Waals surface area (Å²) in [6.45, 7) is 2.24. The molecule has 116 valence electrons. The molecular formula is C19H34O. The van der Waals surface area contributed by atoms with Crippen LogP contribution in [0.3, 0.4) is 0 Å². The van der Waals surface area contributed by atoms with Crippen LogP contribution in [0.1, 0.15) is 90.4 Å². The fourth-order valence-electron chi connectivity index (χ4n) is 3.80. The molecule has 0 spiro atoms. The molecule has 0 bridgehead atoms. The number of rotatable bonds is 3. The van der Waals surface area contributed by atoms with Crippen molar-refractivity contribution in [2.45, 2.75) is 103 Å². The Labute approximate surface area is 126 Å².